The minimum Gasteiger partial charge on any atom is -0.379 e. The SMILES string of the molecule is CC(C)(CNC(=O)CCC1CCCN1)N1CCOCC1.Cl.Cl. The molecule has 0 aromatic carbocycles. The van der Waals surface area contributed by atoms with Gasteiger partial charge in [0.05, 0.1) is 13.2 Å². The smallest absolute Gasteiger partial charge is 0.220 e. The molecule has 0 saturated carbocycles. The van der Waals surface area contributed by atoms with Crippen LogP contribution >= 0.6 is 24.8 Å². The summed E-state index contributed by atoms with van der Waals surface area (Å²) in [5.74, 6) is 0.181. The van der Waals surface area contributed by atoms with Crippen molar-refractivity contribution < 1.29 is 9.53 Å². The van der Waals surface area contributed by atoms with Crippen molar-refractivity contribution in [2.45, 2.75) is 51.1 Å². The molecule has 2 heterocycles. The first-order valence-corrected chi connectivity index (χ1v) is 7.91. The Morgan fingerprint density at radius 1 is 1.32 bits per heavy atom. The van der Waals surface area contributed by atoms with Crippen molar-refractivity contribution in [3.63, 3.8) is 0 Å². The van der Waals surface area contributed by atoms with E-state index in [1.165, 1.54) is 12.8 Å². The highest BCUT2D eigenvalue weighted by Crippen LogP contribution is 2.15. The zero-order valence-electron chi connectivity index (χ0n) is 13.7. The molecular formula is C15H31Cl2N3O2. The molecule has 1 amide bonds. The molecule has 2 fully saturated rings. The fourth-order valence-corrected chi connectivity index (χ4v) is 2.99. The Morgan fingerprint density at radius 3 is 2.59 bits per heavy atom. The first-order chi connectivity index (χ1) is 9.58. The van der Waals surface area contributed by atoms with E-state index < -0.39 is 0 Å². The van der Waals surface area contributed by atoms with E-state index in [-0.39, 0.29) is 36.3 Å². The normalized spacial score (nSPS) is 22.5. The third-order valence-electron chi connectivity index (χ3n) is 4.47. The van der Waals surface area contributed by atoms with Crippen LogP contribution in [0.4, 0.5) is 0 Å². The van der Waals surface area contributed by atoms with Crippen LogP contribution in [0.2, 0.25) is 0 Å². The maximum Gasteiger partial charge on any atom is 0.220 e. The van der Waals surface area contributed by atoms with Crippen molar-refractivity contribution in [2.24, 2.45) is 0 Å². The van der Waals surface area contributed by atoms with Crippen LogP contribution in [0.25, 0.3) is 0 Å². The average molecular weight is 356 g/mol. The number of carbonyl (C=O) groups excluding carboxylic acids is 1. The van der Waals surface area contributed by atoms with Crippen LogP contribution < -0.4 is 10.6 Å². The van der Waals surface area contributed by atoms with Gasteiger partial charge in [0.25, 0.3) is 0 Å². The fraction of sp³-hybridized carbons (Fsp3) is 0.933. The van der Waals surface area contributed by atoms with Gasteiger partial charge in [0.2, 0.25) is 5.91 Å². The predicted octanol–water partition coefficient (Wildman–Crippen LogP) is 1.59. The number of rotatable bonds is 6. The van der Waals surface area contributed by atoms with Crippen molar-refractivity contribution in [3.05, 3.63) is 0 Å². The molecule has 22 heavy (non-hydrogen) atoms. The van der Waals surface area contributed by atoms with Crippen LogP contribution in [0.3, 0.4) is 0 Å². The van der Waals surface area contributed by atoms with E-state index in [1.54, 1.807) is 0 Å². The fourth-order valence-electron chi connectivity index (χ4n) is 2.99. The molecule has 2 N–H and O–H groups in total. The monoisotopic (exact) mass is 355 g/mol. The number of hydrogen-bond acceptors (Lipinski definition) is 4. The Labute approximate surface area is 146 Å². The average Bonchev–Trinajstić information content (AvgIpc) is 2.97. The summed E-state index contributed by atoms with van der Waals surface area (Å²) in [6.07, 6.45) is 4.06. The molecule has 0 bridgehead atoms. The standard InChI is InChI=1S/C15H29N3O2.2ClH/c1-15(2,18-8-10-20-11-9-18)12-17-14(19)6-5-13-4-3-7-16-13;;/h13,16H,3-12H2,1-2H3,(H,17,19);2*1H. The summed E-state index contributed by atoms with van der Waals surface area (Å²) >= 11 is 0. The Morgan fingerprint density at radius 2 is 2.00 bits per heavy atom. The quantitative estimate of drug-likeness (QED) is 0.759. The lowest BCUT2D eigenvalue weighted by atomic mass is 10.0. The van der Waals surface area contributed by atoms with Gasteiger partial charge in [-0.3, -0.25) is 9.69 Å². The molecule has 132 valence electrons. The van der Waals surface area contributed by atoms with Gasteiger partial charge in [0, 0.05) is 37.6 Å². The Kier molecular flexibility index (Phi) is 10.6. The van der Waals surface area contributed by atoms with Gasteiger partial charge in [0.15, 0.2) is 0 Å². The molecule has 2 rings (SSSR count). The van der Waals surface area contributed by atoms with Gasteiger partial charge in [-0.05, 0) is 39.7 Å². The highest BCUT2D eigenvalue weighted by Gasteiger charge is 2.28. The van der Waals surface area contributed by atoms with Crippen LogP contribution in [0.15, 0.2) is 0 Å². The van der Waals surface area contributed by atoms with Gasteiger partial charge in [0.1, 0.15) is 0 Å². The van der Waals surface area contributed by atoms with Crippen molar-refractivity contribution in [3.8, 4) is 0 Å². The molecule has 0 aromatic heterocycles. The minimum atomic E-state index is 0. The van der Waals surface area contributed by atoms with Crippen molar-refractivity contribution in [2.75, 3.05) is 39.4 Å². The maximum atomic E-state index is 11.9. The number of carbonyl (C=O) groups is 1. The molecule has 7 heteroatoms. The number of hydrogen-bond donors (Lipinski definition) is 2. The van der Waals surface area contributed by atoms with E-state index in [4.69, 9.17) is 4.74 Å². The van der Waals surface area contributed by atoms with Gasteiger partial charge < -0.3 is 15.4 Å². The summed E-state index contributed by atoms with van der Waals surface area (Å²) < 4.78 is 5.38. The van der Waals surface area contributed by atoms with Crippen LogP contribution in [0.5, 0.6) is 0 Å². The maximum absolute atomic E-state index is 11.9. The molecule has 1 atom stereocenters. The topological polar surface area (TPSA) is 53.6 Å². The second kappa shape index (κ2) is 10.7. The zero-order valence-corrected chi connectivity index (χ0v) is 15.4. The molecule has 0 radical (unpaired) electrons. The lowest BCUT2D eigenvalue weighted by molar-refractivity contribution is -0.122. The predicted molar refractivity (Wildman–Crippen MR) is 94.2 cm³/mol. The van der Waals surface area contributed by atoms with Crippen LogP contribution in [0, 0.1) is 0 Å². The molecule has 0 aromatic rings. The molecule has 5 nitrogen and oxygen atoms in total. The summed E-state index contributed by atoms with van der Waals surface area (Å²) in [5, 5.41) is 6.53. The largest absolute Gasteiger partial charge is 0.379 e. The van der Waals surface area contributed by atoms with Crippen LogP contribution in [-0.2, 0) is 9.53 Å². The Bertz CT molecular complexity index is 318. The summed E-state index contributed by atoms with van der Waals surface area (Å²) in [4.78, 5) is 14.3. The van der Waals surface area contributed by atoms with Crippen LogP contribution in [-0.4, -0.2) is 61.8 Å². The third kappa shape index (κ3) is 7.01. The van der Waals surface area contributed by atoms with E-state index in [2.05, 4.69) is 29.4 Å². The Hall–Kier alpha value is -0.0700. The first-order valence-electron chi connectivity index (χ1n) is 7.91. The number of ether oxygens (including phenoxy) is 1. The number of morpholine rings is 1. The number of halogens is 2. The van der Waals surface area contributed by atoms with Gasteiger partial charge in [-0.15, -0.1) is 24.8 Å². The van der Waals surface area contributed by atoms with E-state index in [1.807, 2.05) is 0 Å². The molecule has 2 aliphatic heterocycles. The minimum absolute atomic E-state index is 0. The number of nitrogens with zero attached hydrogens (tertiary/aromatic N) is 1. The molecule has 0 aliphatic carbocycles. The zero-order chi connectivity index (χ0) is 14.4. The molecule has 1 unspecified atom stereocenters. The second-order valence-electron chi connectivity index (χ2n) is 6.52. The molecular weight excluding hydrogens is 325 g/mol. The highest BCUT2D eigenvalue weighted by atomic mass is 35.5. The van der Waals surface area contributed by atoms with Crippen molar-refractivity contribution in [1.29, 1.82) is 0 Å². The Balaban J connectivity index is 0.00000220. The number of amides is 1. The van der Waals surface area contributed by atoms with E-state index >= 15 is 0 Å². The van der Waals surface area contributed by atoms with Gasteiger partial charge in [-0.2, -0.15) is 0 Å². The van der Waals surface area contributed by atoms with E-state index in [0.717, 1.165) is 39.3 Å². The van der Waals surface area contributed by atoms with Gasteiger partial charge in [-0.1, -0.05) is 0 Å². The molecule has 2 saturated heterocycles. The highest BCUT2D eigenvalue weighted by molar-refractivity contribution is 5.85. The van der Waals surface area contributed by atoms with Gasteiger partial charge >= 0.3 is 0 Å². The number of nitrogens with one attached hydrogen (secondary N) is 2. The lowest BCUT2D eigenvalue weighted by Crippen LogP contribution is -2.55. The lowest BCUT2D eigenvalue weighted by Gasteiger charge is -2.40. The molecule has 0 spiro atoms. The summed E-state index contributed by atoms with van der Waals surface area (Å²) in [6.45, 7) is 9.70. The summed E-state index contributed by atoms with van der Waals surface area (Å²) in [5.41, 5.74) is 0.00501. The van der Waals surface area contributed by atoms with E-state index in [0.29, 0.717) is 19.0 Å². The molecule has 2 aliphatic rings. The summed E-state index contributed by atoms with van der Waals surface area (Å²) in [7, 11) is 0. The van der Waals surface area contributed by atoms with Crippen LogP contribution in [0.1, 0.15) is 39.5 Å². The van der Waals surface area contributed by atoms with E-state index in [9.17, 15) is 4.79 Å². The third-order valence-corrected chi connectivity index (χ3v) is 4.47. The summed E-state index contributed by atoms with van der Waals surface area (Å²) in [6, 6.07) is 0.549. The first kappa shape index (κ1) is 21.9. The van der Waals surface area contributed by atoms with Crippen molar-refractivity contribution in [1.82, 2.24) is 15.5 Å². The van der Waals surface area contributed by atoms with Gasteiger partial charge in [-0.25, -0.2) is 0 Å². The van der Waals surface area contributed by atoms with Crippen molar-refractivity contribution >= 4 is 30.7 Å². The second-order valence-corrected chi connectivity index (χ2v) is 6.52.